The van der Waals surface area contributed by atoms with Gasteiger partial charge in [-0.15, -0.1) is 0 Å². The first-order valence-corrected chi connectivity index (χ1v) is 6.61. The van der Waals surface area contributed by atoms with Crippen molar-refractivity contribution in [1.29, 1.82) is 0 Å². The molecule has 4 nitrogen and oxygen atoms in total. The smallest absolute Gasteiger partial charge is 0.208 e. The summed E-state index contributed by atoms with van der Waals surface area (Å²) in [7, 11) is 0. The zero-order chi connectivity index (χ0) is 13.5. The van der Waals surface area contributed by atoms with Crippen LogP contribution in [0.4, 0.5) is 0 Å². The summed E-state index contributed by atoms with van der Waals surface area (Å²) in [5, 5.41) is 3.30. The third-order valence-corrected chi connectivity index (χ3v) is 2.67. The quantitative estimate of drug-likeness (QED) is 0.831. The lowest BCUT2D eigenvalue weighted by atomic mass is 10.2. The van der Waals surface area contributed by atoms with Crippen molar-refractivity contribution in [3.05, 3.63) is 47.7 Å². The Labute approximate surface area is 113 Å². The number of rotatable bonds is 7. The van der Waals surface area contributed by atoms with Crippen LogP contribution < -0.4 is 10.1 Å². The maximum absolute atomic E-state index is 5.54. The molecule has 102 valence electrons. The Hall–Kier alpha value is -1.81. The summed E-state index contributed by atoms with van der Waals surface area (Å²) < 4.78 is 10.9. The van der Waals surface area contributed by atoms with Crippen molar-refractivity contribution < 1.29 is 9.15 Å². The van der Waals surface area contributed by atoms with Gasteiger partial charge in [-0.3, -0.25) is 0 Å². The van der Waals surface area contributed by atoms with Crippen LogP contribution in [0.15, 0.2) is 34.9 Å². The van der Waals surface area contributed by atoms with Gasteiger partial charge in [0.15, 0.2) is 0 Å². The van der Waals surface area contributed by atoms with Gasteiger partial charge in [-0.05, 0) is 31.0 Å². The average molecular weight is 260 g/mol. The maximum Gasteiger partial charge on any atom is 0.208 e. The molecule has 0 bridgehead atoms. The molecule has 0 radical (unpaired) electrons. The van der Waals surface area contributed by atoms with Crippen LogP contribution >= 0.6 is 0 Å². The van der Waals surface area contributed by atoms with Crippen LogP contribution in [0.5, 0.6) is 5.75 Å². The van der Waals surface area contributed by atoms with Crippen molar-refractivity contribution >= 4 is 0 Å². The number of nitrogens with one attached hydrogen (secondary N) is 1. The van der Waals surface area contributed by atoms with Crippen LogP contribution in [-0.4, -0.2) is 11.6 Å². The van der Waals surface area contributed by atoms with E-state index in [-0.39, 0.29) is 0 Å². The molecule has 0 spiro atoms. The summed E-state index contributed by atoms with van der Waals surface area (Å²) in [6, 6.07) is 8.14. The van der Waals surface area contributed by atoms with Gasteiger partial charge in [0, 0.05) is 6.54 Å². The van der Waals surface area contributed by atoms with Crippen LogP contribution in [0, 0.1) is 6.92 Å². The minimum absolute atomic E-state index is 0.641. The van der Waals surface area contributed by atoms with Gasteiger partial charge >= 0.3 is 0 Å². The number of aryl methyl sites for hydroxylation is 1. The highest BCUT2D eigenvalue weighted by Crippen LogP contribution is 2.12. The molecular weight excluding hydrogens is 240 g/mol. The molecule has 1 aromatic heterocycles. The molecule has 1 aromatic carbocycles. The van der Waals surface area contributed by atoms with Crippen molar-refractivity contribution in [2.24, 2.45) is 0 Å². The molecule has 4 heteroatoms. The van der Waals surface area contributed by atoms with E-state index in [0.29, 0.717) is 6.54 Å². The first-order valence-electron chi connectivity index (χ1n) is 6.61. The predicted octanol–water partition coefficient (Wildman–Crippen LogP) is 3.06. The summed E-state index contributed by atoms with van der Waals surface area (Å²) in [4.78, 5) is 4.15. The minimum Gasteiger partial charge on any atom is -0.494 e. The third-order valence-electron chi connectivity index (χ3n) is 2.67. The fourth-order valence-corrected chi connectivity index (χ4v) is 1.72. The number of aromatic nitrogens is 1. The fraction of sp³-hybridized carbons (Fsp3) is 0.400. The molecule has 0 aliphatic heterocycles. The Bertz CT molecular complexity index is 491. The van der Waals surface area contributed by atoms with Gasteiger partial charge in [0.1, 0.15) is 11.5 Å². The second-order valence-electron chi connectivity index (χ2n) is 4.46. The summed E-state index contributed by atoms with van der Waals surface area (Å²) >= 11 is 0. The van der Waals surface area contributed by atoms with Crippen molar-refractivity contribution in [3.8, 4) is 5.75 Å². The van der Waals surface area contributed by atoms with Crippen LogP contribution in [0.25, 0.3) is 0 Å². The Morgan fingerprint density at radius 1 is 1.21 bits per heavy atom. The SMILES string of the molecule is CCCOc1ccc(CNCc2ncc(C)o2)cc1. The van der Waals surface area contributed by atoms with Gasteiger partial charge in [-0.2, -0.15) is 0 Å². The van der Waals surface area contributed by atoms with Crippen molar-refractivity contribution in [1.82, 2.24) is 10.3 Å². The van der Waals surface area contributed by atoms with Crippen molar-refractivity contribution in [2.75, 3.05) is 6.61 Å². The van der Waals surface area contributed by atoms with E-state index in [0.717, 1.165) is 37.0 Å². The molecule has 2 rings (SSSR count). The van der Waals surface area contributed by atoms with Gasteiger partial charge in [0.2, 0.25) is 5.89 Å². The van der Waals surface area contributed by atoms with Gasteiger partial charge < -0.3 is 14.5 Å². The van der Waals surface area contributed by atoms with Gasteiger partial charge in [0.05, 0.1) is 19.3 Å². The summed E-state index contributed by atoms with van der Waals surface area (Å²) in [5.74, 6) is 2.49. The number of benzene rings is 1. The van der Waals surface area contributed by atoms with E-state index in [1.54, 1.807) is 6.20 Å². The standard InChI is InChI=1S/C15H20N2O2/c1-3-8-18-14-6-4-13(5-7-14)10-16-11-15-17-9-12(2)19-15/h4-7,9,16H,3,8,10-11H2,1-2H3. The van der Waals surface area contributed by atoms with E-state index in [1.807, 2.05) is 19.1 Å². The molecule has 0 saturated carbocycles. The second kappa shape index (κ2) is 6.95. The number of hydrogen-bond donors (Lipinski definition) is 1. The van der Waals surface area contributed by atoms with Gasteiger partial charge in [-0.1, -0.05) is 19.1 Å². The third kappa shape index (κ3) is 4.41. The summed E-state index contributed by atoms with van der Waals surface area (Å²) in [5.41, 5.74) is 1.21. The summed E-state index contributed by atoms with van der Waals surface area (Å²) in [6.45, 7) is 6.19. The molecule has 0 fully saturated rings. The second-order valence-corrected chi connectivity index (χ2v) is 4.46. The maximum atomic E-state index is 5.54. The molecule has 2 aromatic rings. The Morgan fingerprint density at radius 2 is 2.00 bits per heavy atom. The lowest BCUT2D eigenvalue weighted by molar-refractivity contribution is 0.317. The molecule has 1 N–H and O–H groups in total. The molecule has 0 amide bonds. The van der Waals surface area contributed by atoms with E-state index in [1.165, 1.54) is 5.56 Å². The first kappa shape index (κ1) is 13.6. The van der Waals surface area contributed by atoms with Crippen LogP contribution in [0.1, 0.15) is 30.6 Å². The van der Waals surface area contributed by atoms with Crippen molar-refractivity contribution in [3.63, 3.8) is 0 Å². The van der Waals surface area contributed by atoms with E-state index in [9.17, 15) is 0 Å². The largest absolute Gasteiger partial charge is 0.494 e. The van der Waals surface area contributed by atoms with Crippen LogP contribution in [0.3, 0.4) is 0 Å². The minimum atomic E-state index is 0.641. The summed E-state index contributed by atoms with van der Waals surface area (Å²) in [6.07, 6.45) is 2.76. The number of nitrogens with zero attached hydrogens (tertiary/aromatic N) is 1. The molecule has 0 unspecified atom stereocenters. The Balaban J connectivity index is 1.76. The molecule has 0 atom stereocenters. The lowest BCUT2D eigenvalue weighted by Crippen LogP contribution is -2.12. The van der Waals surface area contributed by atoms with E-state index < -0.39 is 0 Å². The Kier molecular flexibility index (Phi) is 4.98. The fourth-order valence-electron chi connectivity index (χ4n) is 1.72. The zero-order valence-electron chi connectivity index (χ0n) is 11.5. The Morgan fingerprint density at radius 3 is 2.63 bits per heavy atom. The molecule has 0 aliphatic carbocycles. The van der Waals surface area contributed by atoms with E-state index >= 15 is 0 Å². The van der Waals surface area contributed by atoms with Gasteiger partial charge in [0.25, 0.3) is 0 Å². The van der Waals surface area contributed by atoms with Crippen LogP contribution in [0.2, 0.25) is 0 Å². The highest BCUT2D eigenvalue weighted by Gasteiger charge is 2.00. The number of hydrogen-bond acceptors (Lipinski definition) is 4. The van der Waals surface area contributed by atoms with Crippen LogP contribution in [-0.2, 0) is 13.1 Å². The molecular formula is C15H20N2O2. The zero-order valence-corrected chi connectivity index (χ0v) is 11.5. The predicted molar refractivity (Wildman–Crippen MR) is 74.0 cm³/mol. The first-order chi connectivity index (χ1) is 9.28. The molecule has 0 aliphatic rings. The van der Waals surface area contributed by atoms with Crippen molar-refractivity contribution in [2.45, 2.75) is 33.4 Å². The number of oxazole rings is 1. The average Bonchev–Trinajstić information content (AvgIpc) is 2.84. The molecule has 19 heavy (non-hydrogen) atoms. The lowest BCUT2D eigenvalue weighted by Gasteiger charge is -2.06. The van der Waals surface area contributed by atoms with E-state index in [2.05, 4.69) is 29.4 Å². The molecule has 1 heterocycles. The number of ether oxygens (including phenoxy) is 1. The topological polar surface area (TPSA) is 47.3 Å². The monoisotopic (exact) mass is 260 g/mol. The highest BCUT2D eigenvalue weighted by molar-refractivity contribution is 5.27. The molecule has 0 saturated heterocycles. The normalized spacial score (nSPS) is 10.6. The van der Waals surface area contributed by atoms with Gasteiger partial charge in [-0.25, -0.2) is 4.98 Å². The van der Waals surface area contributed by atoms with E-state index in [4.69, 9.17) is 9.15 Å². The highest BCUT2D eigenvalue weighted by atomic mass is 16.5.